The van der Waals surface area contributed by atoms with Gasteiger partial charge in [0.1, 0.15) is 30.7 Å². The summed E-state index contributed by atoms with van der Waals surface area (Å²) in [5, 5.41) is 0. The molecule has 0 N–H and O–H groups in total. The van der Waals surface area contributed by atoms with E-state index in [2.05, 4.69) is 0 Å². The largest absolute Gasteiger partial charge is 0.374 e. The van der Waals surface area contributed by atoms with Crippen LogP contribution >= 0.6 is 0 Å². The van der Waals surface area contributed by atoms with E-state index in [1.165, 1.54) is 0 Å². The number of aldehydes is 1. The predicted octanol–water partition coefficient (Wildman–Crippen LogP) is 4.08. The number of benzene rings is 3. The first-order chi connectivity index (χ1) is 18.9. The highest BCUT2D eigenvalue weighted by molar-refractivity contribution is 7.86. The zero-order valence-electron chi connectivity index (χ0n) is 21.8. The fourth-order valence-corrected chi connectivity index (χ4v) is 5.16. The van der Waals surface area contributed by atoms with E-state index in [-0.39, 0.29) is 26.2 Å². The van der Waals surface area contributed by atoms with Gasteiger partial charge in [-0.3, -0.25) is 4.18 Å². The van der Waals surface area contributed by atoms with Crippen molar-refractivity contribution >= 4 is 16.4 Å². The van der Waals surface area contributed by atoms with Crippen LogP contribution in [0.15, 0.2) is 91.0 Å². The van der Waals surface area contributed by atoms with Gasteiger partial charge in [-0.25, -0.2) is 0 Å². The molecule has 0 unspecified atom stereocenters. The Bertz CT molecular complexity index is 1240. The van der Waals surface area contributed by atoms with Crippen molar-refractivity contribution < 1.29 is 36.3 Å². The summed E-state index contributed by atoms with van der Waals surface area (Å²) >= 11 is 0. The van der Waals surface area contributed by atoms with Crippen LogP contribution in [0.4, 0.5) is 0 Å². The lowest BCUT2D eigenvalue weighted by molar-refractivity contribution is -0.254. The van der Waals surface area contributed by atoms with Crippen molar-refractivity contribution in [3.05, 3.63) is 108 Å². The molecule has 0 saturated carbocycles. The SMILES string of the molecule is CS(=O)(=O)O[C@H]1[C@@H](OCc2ccccc2)[C@H](OCc2ccccc2)[C@@H](COCc2ccccc2)O[C@@H]1CC=O. The first kappa shape index (κ1) is 29.1. The van der Waals surface area contributed by atoms with Crippen molar-refractivity contribution in [1.82, 2.24) is 0 Å². The van der Waals surface area contributed by atoms with Crippen LogP contribution in [0.2, 0.25) is 0 Å². The van der Waals surface area contributed by atoms with E-state index < -0.39 is 40.6 Å². The highest BCUT2D eigenvalue weighted by Gasteiger charge is 2.49. The molecule has 0 bridgehead atoms. The molecule has 208 valence electrons. The molecule has 0 aromatic heterocycles. The van der Waals surface area contributed by atoms with Crippen molar-refractivity contribution in [3.8, 4) is 0 Å². The summed E-state index contributed by atoms with van der Waals surface area (Å²) in [6.07, 6.45) is -2.67. The number of hydrogen-bond acceptors (Lipinski definition) is 8. The van der Waals surface area contributed by atoms with Gasteiger partial charge in [-0.15, -0.1) is 0 Å². The second kappa shape index (κ2) is 14.5. The Morgan fingerprint density at radius 3 is 1.67 bits per heavy atom. The van der Waals surface area contributed by atoms with Crippen molar-refractivity contribution in [2.45, 2.75) is 56.8 Å². The van der Waals surface area contributed by atoms with Gasteiger partial charge >= 0.3 is 0 Å². The third kappa shape index (κ3) is 9.06. The van der Waals surface area contributed by atoms with Crippen molar-refractivity contribution in [1.29, 1.82) is 0 Å². The van der Waals surface area contributed by atoms with Crippen LogP contribution < -0.4 is 0 Å². The minimum absolute atomic E-state index is 0.0774. The van der Waals surface area contributed by atoms with Crippen LogP contribution in [0.5, 0.6) is 0 Å². The van der Waals surface area contributed by atoms with Gasteiger partial charge in [0.2, 0.25) is 0 Å². The molecular formula is C30H34O8S. The topological polar surface area (TPSA) is 97.4 Å². The third-order valence-electron chi connectivity index (χ3n) is 6.31. The fourth-order valence-electron chi connectivity index (χ4n) is 4.52. The molecule has 1 aliphatic rings. The van der Waals surface area contributed by atoms with E-state index in [1.807, 2.05) is 91.0 Å². The number of carbonyl (C=O) groups excluding carboxylic acids is 1. The molecule has 39 heavy (non-hydrogen) atoms. The van der Waals surface area contributed by atoms with Gasteiger partial charge in [0.25, 0.3) is 10.1 Å². The van der Waals surface area contributed by atoms with E-state index in [4.69, 9.17) is 23.1 Å². The molecule has 3 aromatic carbocycles. The summed E-state index contributed by atoms with van der Waals surface area (Å²) in [4.78, 5) is 11.6. The minimum atomic E-state index is -3.91. The first-order valence-electron chi connectivity index (χ1n) is 12.8. The normalized spacial score (nSPS) is 23.4. The Morgan fingerprint density at radius 1 is 0.692 bits per heavy atom. The van der Waals surface area contributed by atoms with E-state index in [9.17, 15) is 13.2 Å². The van der Waals surface area contributed by atoms with Crippen LogP contribution in [0.1, 0.15) is 23.1 Å². The van der Waals surface area contributed by atoms with Gasteiger partial charge in [0, 0.05) is 6.42 Å². The Labute approximate surface area is 229 Å². The summed E-state index contributed by atoms with van der Waals surface area (Å²) in [6.45, 7) is 0.911. The second-order valence-corrected chi connectivity index (χ2v) is 11.0. The van der Waals surface area contributed by atoms with Crippen molar-refractivity contribution in [3.63, 3.8) is 0 Å². The Hall–Kier alpha value is -2.92. The molecule has 1 heterocycles. The maximum Gasteiger partial charge on any atom is 0.264 e. The van der Waals surface area contributed by atoms with E-state index in [0.29, 0.717) is 12.9 Å². The van der Waals surface area contributed by atoms with E-state index >= 15 is 0 Å². The molecule has 0 spiro atoms. The van der Waals surface area contributed by atoms with Gasteiger partial charge in [-0.05, 0) is 16.7 Å². The molecule has 1 saturated heterocycles. The highest BCUT2D eigenvalue weighted by atomic mass is 32.2. The molecule has 8 nitrogen and oxygen atoms in total. The predicted molar refractivity (Wildman–Crippen MR) is 145 cm³/mol. The average Bonchev–Trinajstić information content (AvgIpc) is 2.94. The zero-order valence-corrected chi connectivity index (χ0v) is 22.7. The van der Waals surface area contributed by atoms with Crippen LogP contribution in [-0.2, 0) is 57.9 Å². The number of rotatable bonds is 14. The van der Waals surface area contributed by atoms with Crippen molar-refractivity contribution in [2.75, 3.05) is 12.9 Å². The zero-order chi connectivity index (χ0) is 27.5. The first-order valence-corrected chi connectivity index (χ1v) is 14.6. The van der Waals surface area contributed by atoms with Crippen LogP contribution in [0.3, 0.4) is 0 Å². The van der Waals surface area contributed by atoms with Gasteiger partial charge in [-0.1, -0.05) is 91.0 Å². The van der Waals surface area contributed by atoms with E-state index in [0.717, 1.165) is 22.9 Å². The second-order valence-electron chi connectivity index (χ2n) is 9.40. The maximum atomic E-state index is 12.3. The number of carbonyl (C=O) groups is 1. The summed E-state index contributed by atoms with van der Waals surface area (Å²) < 4.78 is 55.0. The Balaban J connectivity index is 1.61. The quantitative estimate of drug-likeness (QED) is 0.217. The van der Waals surface area contributed by atoms with Crippen LogP contribution in [-0.4, -0.2) is 58.1 Å². The van der Waals surface area contributed by atoms with E-state index in [1.54, 1.807) is 0 Å². The van der Waals surface area contributed by atoms with Gasteiger partial charge < -0.3 is 23.7 Å². The summed E-state index contributed by atoms with van der Waals surface area (Å²) in [7, 11) is -3.91. The fraction of sp³-hybridized carbons (Fsp3) is 0.367. The lowest BCUT2D eigenvalue weighted by atomic mass is 9.93. The highest BCUT2D eigenvalue weighted by Crippen LogP contribution is 2.32. The van der Waals surface area contributed by atoms with Crippen molar-refractivity contribution in [2.24, 2.45) is 0 Å². The molecule has 1 fully saturated rings. The maximum absolute atomic E-state index is 12.3. The van der Waals surface area contributed by atoms with Gasteiger partial charge in [0.05, 0.1) is 38.8 Å². The molecule has 1 aliphatic heterocycles. The third-order valence-corrected chi connectivity index (χ3v) is 6.88. The average molecular weight is 555 g/mol. The lowest BCUT2D eigenvalue weighted by Gasteiger charge is -2.45. The molecule has 3 aromatic rings. The van der Waals surface area contributed by atoms with Gasteiger partial charge in [-0.2, -0.15) is 8.42 Å². The summed E-state index contributed by atoms with van der Waals surface area (Å²) in [5.41, 5.74) is 2.82. The molecule has 9 heteroatoms. The van der Waals surface area contributed by atoms with Gasteiger partial charge in [0.15, 0.2) is 0 Å². The smallest absolute Gasteiger partial charge is 0.264 e. The summed E-state index contributed by atoms with van der Waals surface area (Å²) in [6, 6.07) is 28.8. The molecule has 0 radical (unpaired) electrons. The monoisotopic (exact) mass is 554 g/mol. The minimum Gasteiger partial charge on any atom is -0.374 e. The number of ether oxygens (including phenoxy) is 4. The molecule has 0 amide bonds. The Kier molecular flexibility index (Phi) is 10.8. The molecular weight excluding hydrogens is 520 g/mol. The molecule has 0 aliphatic carbocycles. The van der Waals surface area contributed by atoms with Crippen LogP contribution in [0, 0.1) is 0 Å². The Morgan fingerprint density at radius 2 is 1.18 bits per heavy atom. The standard InChI is InChI=1S/C30H34O8S/c1-39(32,33)38-29-26(17-18-31)37-27(22-34-19-23-11-5-2-6-12-23)28(35-20-24-13-7-3-8-14-24)30(29)36-21-25-15-9-4-10-16-25/h2-16,18,26-30H,17,19-22H2,1H3/t26-,27-,28-,29-,30+/m1/s1. The molecule has 4 rings (SSSR count). The molecule has 5 atom stereocenters. The van der Waals surface area contributed by atoms with Crippen LogP contribution in [0.25, 0.3) is 0 Å². The number of hydrogen-bond donors (Lipinski definition) is 0. The lowest BCUT2D eigenvalue weighted by Crippen LogP contribution is -2.61. The summed E-state index contributed by atoms with van der Waals surface area (Å²) in [5.74, 6) is 0.